The van der Waals surface area contributed by atoms with Crippen LogP contribution in [0.3, 0.4) is 0 Å². The van der Waals surface area contributed by atoms with Crippen LogP contribution >= 0.6 is 0 Å². The van der Waals surface area contributed by atoms with Crippen molar-refractivity contribution in [3.63, 3.8) is 0 Å². The molecule has 0 saturated heterocycles. The van der Waals surface area contributed by atoms with Crippen LogP contribution in [-0.2, 0) is 0 Å². The normalized spacial score (nSPS) is 8.77. The molecule has 0 spiro atoms. The number of anilines is 1. The summed E-state index contributed by atoms with van der Waals surface area (Å²) in [6.07, 6.45) is 1.44. The predicted octanol–water partition coefficient (Wildman–Crippen LogP) is -3.48. The second-order valence-corrected chi connectivity index (χ2v) is 2.58. The average molecular weight is 188 g/mol. The Morgan fingerprint density at radius 2 is 2.15 bits per heavy atom. The number of aromatic nitrogens is 1. The average Bonchev–Trinajstić information content (AvgIpc) is 2.04. The van der Waals surface area contributed by atoms with Gasteiger partial charge in [-0.2, -0.15) is 0 Å². The molecule has 13 heavy (non-hydrogen) atoms. The summed E-state index contributed by atoms with van der Waals surface area (Å²) in [7, 11) is 3.66. The van der Waals surface area contributed by atoms with Crippen molar-refractivity contribution in [3.8, 4) is 0 Å². The summed E-state index contributed by atoms with van der Waals surface area (Å²) in [5.41, 5.74) is 0.755. The first-order valence-corrected chi connectivity index (χ1v) is 3.46. The Balaban J connectivity index is 0.00000144. The Morgan fingerprint density at radius 3 is 2.62 bits per heavy atom. The minimum atomic E-state index is -1.25. The third-order valence-electron chi connectivity index (χ3n) is 1.47. The van der Waals surface area contributed by atoms with Gasteiger partial charge in [0.05, 0.1) is 11.7 Å². The van der Waals surface area contributed by atoms with E-state index in [0.717, 1.165) is 5.69 Å². The van der Waals surface area contributed by atoms with Crippen LogP contribution in [0.2, 0.25) is 0 Å². The van der Waals surface area contributed by atoms with Gasteiger partial charge in [-0.05, 0) is 12.1 Å². The van der Waals surface area contributed by atoms with Crippen LogP contribution in [0.1, 0.15) is 10.5 Å². The number of carboxylic acid groups (broad SMARTS) is 1. The largest absolute Gasteiger partial charge is 1.00 e. The maximum atomic E-state index is 10.4. The summed E-state index contributed by atoms with van der Waals surface area (Å²) in [6, 6.07) is 3.20. The minimum Gasteiger partial charge on any atom is -0.543 e. The van der Waals surface area contributed by atoms with Crippen molar-refractivity contribution in [1.82, 2.24) is 4.98 Å². The molecule has 0 aromatic carbocycles. The monoisotopic (exact) mass is 188 g/mol. The smallest absolute Gasteiger partial charge is 0.543 e. The van der Waals surface area contributed by atoms with Crippen LogP contribution in [0.15, 0.2) is 18.3 Å². The zero-order valence-corrected chi connectivity index (χ0v) is 9.94. The van der Waals surface area contributed by atoms with Gasteiger partial charge in [0.2, 0.25) is 0 Å². The molecule has 0 fully saturated rings. The van der Waals surface area contributed by atoms with Crippen LogP contribution in [0.5, 0.6) is 0 Å². The molecule has 1 rings (SSSR count). The van der Waals surface area contributed by atoms with Crippen LogP contribution in [-0.4, -0.2) is 25.0 Å². The Bertz CT molecular complexity index is 302. The standard InChI is InChI=1S/C8H10N2O2.Na/c1-10(2)6-3-4-9-7(5-6)8(11)12;/h3-5H,1-2H3,(H,11,12);/q;+1/p-1. The van der Waals surface area contributed by atoms with Gasteiger partial charge in [0, 0.05) is 26.0 Å². The fraction of sp³-hybridized carbons (Fsp3) is 0.250. The van der Waals surface area contributed by atoms with E-state index in [9.17, 15) is 9.90 Å². The van der Waals surface area contributed by atoms with E-state index in [1.807, 2.05) is 14.1 Å². The molecule has 0 aliphatic heterocycles. The van der Waals surface area contributed by atoms with Crippen molar-refractivity contribution in [2.24, 2.45) is 0 Å². The topological polar surface area (TPSA) is 56.3 Å². The van der Waals surface area contributed by atoms with Crippen molar-refractivity contribution < 1.29 is 39.5 Å². The summed E-state index contributed by atoms with van der Waals surface area (Å²) in [4.78, 5) is 15.8. The molecule has 4 nitrogen and oxygen atoms in total. The van der Waals surface area contributed by atoms with Crippen LogP contribution < -0.4 is 39.6 Å². The van der Waals surface area contributed by atoms with E-state index in [-0.39, 0.29) is 35.3 Å². The van der Waals surface area contributed by atoms with Crippen molar-refractivity contribution in [1.29, 1.82) is 0 Å². The van der Waals surface area contributed by atoms with E-state index >= 15 is 0 Å². The zero-order valence-electron chi connectivity index (χ0n) is 7.94. The fourth-order valence-electron chi connectivity index (χ4n) is 0.809. The SMILES string of the molecule is CN(C)c1ccnc(C(=O)[O-])c1.[Na+]. The van der Waals surface area contributed by atoms with Crippen molar-refractivity contribution in [3.05, 3.63) is 24.0 Å². The van der Waals surface area contributed by atoms with E-state index in [2.05, 4.69) is 4.98 Å². The summed E-state index contributed by atoms with van der Waals surface area (Å²) in [5, 5.41) is 10.4. The summed E-state index contributed by atoms with van der Waals surface area (Å²) >= 11 is 0. The molecule has 5 heteroatoms. The van der Waals surface area contributed by atoms with Gasteiger partial charge in [-0.3, -0.25) is 4.98 Å². The van der Waals surface area contributed by atoms with E-state index in [1.54, 1.807) is 11.0 Å². The number of hydrogen-bond donors (Lipinski definition) is 0. The fourth-order valence-corrected chi connectivity index (χ4v) is 0.809. The van der Waals surface area contributed by atoms with E-state index in [4.69, 9.17) is 0 Å². The van der Waals surface area contributed by atoms with Gasteiger partial charge in [-0.15, -0.1) is 0 Å². The van der Waals surface area contributed by atoms with Gasteiger partial charge in [-0.1, -0.05) is 0 Å². The second-order valence-electron chi connectivity index (χ2n) is 2.58. The molecule has 1 aromatic rings. The molecule has 0 saturated carbocycles. The first-order chi connectivity index (χ1) is 5.61. The van der Waals surface area contributed by atoms with E-state index in [0.29, 0.717) is 0 Å². The molecule has 0 aliphatic carbocycles. The molecule has 64 valence electrons. The zero-order chi connectivity index (χ0) is 9.14. The van der Waals surface area contributed by atoms with Gasteiger partial charge in [-0.25, -0.2) is 0 Å². The predicted molar refractivity (Wildman–Crippen MR) is 42.9 cm³/mol. The first kappa shape index (κ1) is 12.4. The number of nitrogens with zero attached hydrogens (tertiary/aromatic N) is 2. The number of carbonyl (C=O) groups is 1. The van der Waals surface area contributed by atoms with E-state index < -0.39 is 5.97 Å². The molecule has 1 heterocycles. The number of aromatic carboxylic acids is 1. The van der Waals surface area contributed by atoms with Crippen molar-refractivity contribution in [2.45, 2.75) is 0 Å². The molecule has 0 radical (unpaired) electrons. The van der Waals surface area contributed by atoms with Crippen LogP contribution in [0.4, 0.5) is 5.69 Å². The molecule has 0 atom stereocenters. The molecular weight excluding hydrogens is 179 g/mol. The van der Waals surface area contributed by atoms with Gasteiger partial charge in [0.1, 0.15) is 0 Å². The molecule has 0 amide bonds. The third-order valence-corrected chi connectivity index (χ3v) is 1.47. The van der Waals surface area contributed by atoms with Crippen molar-refractivity contribution in [2.75, 3.05) is 19.0 Å². The number of carbonyl (C=O) groups excluding carboxylic acids is 1. The Morgan fingerprint density at radius 1 is 1.54 bits per heavy atom. The van der Waals surface area contributed by atoms with Crippen molar-refractivity contribution >= 4 is 11.7 Å². The summed E-state index contributed by atoms with van der Waals surface area (Å²) < 4.78 is 0. The molecule has 0 unspecified atom stereocenters. The second kappa shape index (κ2) is 5.21. The quantitative estimate of drug-likeness (QED) is 0.452. The Labute approximate surface area is 98.9 Å². The molecule has 1 aromatic heterocycles. The maximum Gasteiger partial charge on any atom is 1.00 e. The first-order valence-electron chi connectivity index (χ1n) is 3.46. The van der Waals surface area contributed by atoms with E-state index in [1.165, 1.54) is 12.3 Å². The number of rotatable bonds is 2. The molecular formula is C8H9N2NaO2. The molecule has 0 aliphatic rings. The number of carboxylic acids is 1. The maximum absolute atomic E-state index is 10.4. The molecule has 0 bridgehead atoms. The number of hydrogen-bond acceptors (Lipinski definition) is 4. The van der Waals surface area contributed by atoms with Gasteiger partial charge in [0.15, 0.2) is 0 Å². The Hall–Kier alpha value is -0.580. The van der Waals surface area contributed by atoms with Crippen LogP contribution in [0, 0.1) is 0 Å². The minimum absolute atomic E-state index is 0. The molecule has 0 N–H and O–H groups in total. The van der Waals surface area contributed by atoms with Gasteiger partial charge in [0.25, 0.3) is 0 Å². The van der Waals surface area contributed by atoms with Gasteiger partial charge >= 0.3 is 29.6 Å². The summed E-state index contributed by atoms with van der Waals surface area (Å²) in [6.45, 7) is 0. The van der Waals surface area contributed by atoms with Crippen LogP contribution in [0.25, 0.3) is 0 Å². The Kier molecular flexibility index (Phi) is 4.98. The summed E-state index contributed by atoms with van der Waals surface area (Å²) in [5.74, 6) is -1.25. The van der Waals surface area contributed by atoms with Gasteiger partial charge < -0.3 is 14.8 Å². The number of pyridine rings is 1. The third kappa shape index (κ3) is 3.34.